The molecule has 112 valence electrons. The van der Waals surface area contributed by atoms with Gasteiger partial charge in [0.25, 0.3) is 0 Å². The standard InChI is InChI=1S/C13H21N3O2S2/c1-16(2)9-3-8-15-20(17,18)10-11-4-6-12(7-5-11)13(14)19/h4-7,15H,3,8-10H2,1-2H3,(H2,14,19). The van der Waals surface area contributed by atoms with E-state index in [-0.39, 0.29) is 5.75 Å². The minimum atomic E-state index is -3.30. The maximum atomic E-state index is 11.9. The Morgan fingerprint density at radius 2 is 1.90 bits per heavy atom. The molecular formula is C13H21N3O2S2. The van der Waals surface area contributed by atoms with Crippen molar-refractivity contribution in [3.63, 3.8) is 0 Å². The maximum absolute atomic E-state index is 11.9. The number of rotatable bonds is 8. The molecule has 0 aromatic heterocycles. The average molecular weight is 315 g/mol. The van der Waals surface area contributed by atoms with Gasteiger partial charge in [0.05, 0.1) is 5.75 Å². The van der Waals surface area contributed by atoms with E-state index in [2.05, 4.69) is 4.72 Å². The summed E-state index contributed by atoms with van der Waals surface area (Å²) in [5.74, 6) is -0.0351. The van der Waals surface area contributed by atoms with Crippen molar-refractivity contribution in [3.8, 4) is 0 Å². The van der Waals surface area contributed by atoms with E-state index >= 15 is 0 Å². The fourth-order valence-electron chi connectivity index (χ4n) is 1.66. The summed E-state index contributed by atoms with van der Waals surface area (Å²) < 4.78 is 26.4. The first-order valence-corrected chi connectivity index (χ1v) is 8.37. The SMILES string of the molecule is CN(C)CCCNS(=O)(=O)Cc1ccc(C(N)=S)cc1. The fourth-order valence-corrected chi connectivity index (χ4v) is 2.98. The quantitative estimate of drug-likeness (QED) is 0.545. The van der Waals surface area contributed by atoms with Gasteiger partial charge in [-0.15, -0.1) is 0 Å². The molecule has 0 atom stereocenters. The summed E-state index contributed by atoms with van der Waals surface area (Å²) in [6, 6.07) is 6.93. The van der Waals surface area contributed by atoms with E-state index in [1.165, 1.54) is 0 Å². The third-order valence-corrected chi connectivity index (χ3v) is 4.29. The highest BCUT2D eigenvalue weighted by Crippen LogP contribution is 2.08. The highest BCUT2D eigenvalue weighted by Gasteiger charge is 2.11. The van der Waals surface area contributed by atoms with Crippen LogP contribution in [0.15, 0.2) is 24.3 Å². The van der Waals surface area contributed by atoms with Gasteiger partial charge < -0.3 is 10.6 Å². The van der Waals surface area contributed by atoms with Crippen LogP contribution < -0.4 is 10.5 Å². The van der Waals surface area contributed by atoms with Crippen molar-refractivity contribution in [1.82, 2.24) is 9.62 Å². The summed E-state index contributed by atoms with van der Waals surface area (Å²) in [6.07, 6.45) is 0.784. The highest BCUT2D eigenvalue weighted by molar-refractivity contribution is 7.88. The van der Waals surface area contributed by atoms with Crippen LogP contribution >= 0.6 is 12.2 Å². The van der Waals surface area contributed by atoms with Gasteiger partial charge in [-0.3, -0.25) is 0 Å². The third-order valence-electron chi connectivity index (χ3n) is 2.70. The molecule has 0 saturated carbocycles. The van der Waals surface area contributed by atoms with Gasteiger partial charge >= 0.3 is 0 Å². The number of nitrogens with one attached hydrogen (secondary N) is 1. The monoisotopic (exact) mass is 315 g/mol. The number of nitrogens with zero attached hydrogens (tertiary/aromatic N) is 1. The Morgan fingerprint density at radius 3 is 2.40 bits per heavy atom. The summed E-state index contributed by atoms with van der Waals surface area (Å²) in [6.45, 7) is 1.30. The molecule has 1 aromatic rings. The van der Waals surface area contributed by atoms with Crippen molar-refractivity contribution in [2.75, 3.05) is 27.2 Å². The maximum Gasteiger partial charge on any atom is 0.215 e. The Balaban J connectivity index is 2.51. The second-order valence-corrected chi connectivity index (χ2v) is 7.12. The van der Waals surface area contributed by atoms with Crippen molar-refractivity contribution >= 4 is 27.2 Å². The topological polar surface area (TPSA) is 75.4 Å². The largest absolute Gasteiger partial charge is 0.389 e. The molecule has 0 spiro atoms. The van der Waals surface area contributed by atoms with Crippen molar-refractivity contribution in [2.45, 2.75) is 12.2 Å². The predicted molar refractivity (Wildman–Crippen MR) is 86.1 cm³/mol. The normalized spacial score (nSPS) is 11.8. The summed E-state index contributed by atoms with van der Waals surface area (Å²) in [5, 5.41) is 0. The number of sulfonamides is 1. The summed E-state index contributed by atoms with van der Waals surface area (Å²) in [4.78, 5) is 2.32. The van der Waals surface area contributed by atoms with Gasteiger partial charge in [-0.25, -0.2) is 13.1 Å². The van der Waals surface area contributed by atoms with E-state index in [1.807, 2.05) is 19.0 Å². The zero-order chi connectivity index (χ0) is 15.2. The van der Waals surface area contributed by atoms with Gasteiger partial charge in [0.1, 0.15) is 4.99 Å². The van der Waals surface area contributed by atoms with Gasteiger partial charge in [-0.05, 0) is 32.6 Å². The molecule has 0 bridgehead atoms. The first-order chi connectivity index (χ1) is 9.30. The molecule has 0 aliphatic heterocycles. The fraction of sp³-hybridized carbons (Fsp3) is 0.462. The molecule has 0 unspecified atom stereocenters. The van der Waals surface area contributed by atoms with E-state index in [0.717, 1.165) is 18.5 Å². The van der Waals surface area contributed by atoms with Crippen LogP contribution in [0.1, 0.15) is 17.5 Å². The Hall–Kier alpha value is -1.02. The summed E-state index contributed by atoms with van der Waals surface area (Å²) in [5.41, 5.74) is 6.94. The molecule has 0 aliphatic rings. The molecule has 7 heteroatoms. The Labute approximate surface area is 126 Å². The molecule has 0 radical (unpaired) electrons. The first-order valence-electron chi connectivity index (χ1n) is 6.31. The first kappa shape index (κ1) is 17.0. The van der Waals surface area contributed by atoms with Gasteiger partial charge in [-0.2, -0.15) is 0 Å². The lowest BCUT2D eigenvalue weighted by Gasteiger charge is -2.10. The van der Waals surface area contributed by atoms with E-state index in [9.17, 15) is 8.42 Å². The van der Waals surface area contributed by atoms with Crippen LogP contribution in [0.3, 0.4) is 0 Å². The molecule has 0 heterocycles. The van der Waals surface area contributed by atoms with E-state index in [1.54, 1.807) is 24.3 Å². The van der Waals surface area contributed by atoms with Gasteiger partial charge in [0, 0.05) is 12.1 Å². The van der Waals surface area contributed by atoms with E-state index < -0.39 is 10.0 Å². The average Bonchev–Trinajstić information content (AvgIpc) is 2.34. The molecule has 0 amide bonds. The number of nitrogens with two attached hydrogens (primary N) is 1. The second kappa shape index (κ2) is 7.68. The van der Waals surface area contributed by atoms with Gasteiger partial charge in [-0.1, -0.05) is 36.5 Å². The second-order valence-electron chi connectivity index (χ2n) is 4.87. The zero-order valence-corrected chi connectivity index (χ0v) is 13.4. The van der Waals surface area contributed by atoms with Gasteiger partial charge in [0.15, 0.2) is 0 Å². The molecular weight excluding hydrogens is 294 g/mol. The smallest absolute Gasteiger partial charge is 0.215 e. The predicted octanol–water partition coefficient (Wildman–Crippen LogP) is 0.692. The minimum Gasteiger partial charge on any atom is -0.389 e. The van der Waals surface area contributed by atoms with Crippen molar-refractivity contribution < 1.29 is 8.42 Å². The summed E-state index contributed by atoms with van der Waals surface area (Å²) >= 11 is 4.85. The lowest BCUT2D eigenvalue weighted by atomic mass is 10.1. The van der Waals surface area contributed by atoms with Gasteiger partial charge in [0.2, 0.25) is 10.0 Å². The Kier molecular flexibility index (Phi) is 6.54. The molecule has 0 aliphatic carbocycles. The van der Waals surface area contributed by atoms with Crippen LogP contribution in [0.25, 0.3) is 0 Å². The molecule has 5 nitrogen and oxygen atoms in total. The van der Waals surface area contributed by atoms with Crippen LogP contribution in [0.2, 0.25) is 0 Å². The third kappa shape index (κ3) is 6.42. The van der Waals surface area contributed by atoms with E-state index in [4.69, 9.17) is 18.0 Å². The van der Waals surface area contributed by atoms with Crippen molar-refractivity contribution in [3.05, 3.63) is 35.4 Å². The lowest BCUT2D eigenvalue weighted by molar-refractivity contribution is 0.400. The summed E-state index contributed by atoms with van der Waals surface area (Å²) in [7, 11) is 0.614. The molecule has 20 heavy (non-hydrogen) atoms. The number of hydrogen-bond acceptors (Lipinski definition) is 4. The molecule has 1 aromatic carbocycles. The lowest BCUT2D eigenvalue weighted by Crippen LogP contribution is -2.28. The number of thiocarbonyl (C=S) groups is 1. The molecule has 0 saturated heterocycles. The van der Waals surface area contributed by atoms with Crippen LogP contribution in [0.5, 0.6) is 0 Å². The molecule has 3 N–H and O–H groups in total. The molecule has 1 rings (SSSR count). The number of hydrogen-bond donors (Lipinski definition) is 2. The van der Waals surface area contributed by atoms with Crippen molar-refractivity contribution in [1.29, 1.82) is 0 Å². The zero-order valence-electron chi connectivity index (χ0n) is 11.8. The van der Waals surface area contributed by atoms with Crippen LogP contribution in [0, 0.1) is 0 Å². The minimum absolute atomic E-state index is 0.0351. The molecule has 0 fully saturated rings. The van der Waals surface area contributed by atoms with Crippen LogP contribution in [0.4, 0.5) is 0 Å². The number of benzene rings is 1. The Bertz CT molecular complexity index is 539. The van der Waals surface area contributed by atoms with E-state index in [0.29, 0.717) is 17.1 Å². The van der Waals surface area contributed by atoms with Crippen molar-refractivity contribution in [2.24, 2.45) is 5.73 Å². The van der Waals surface area contributed by atoms with Crippen LogP contribution in [-0.4, -0.2) is 45.5 Å². The Morgan fingerprint density at radius 1 is 1.30 bits per heavy atom. The van der Waals surface area contributed by atoms with Crippen LogP contribution in [-0.2, 0) is 15.8 Å². The highest BCUT2D eigenvalue weighted by atomic mass is 32.2.